The van der Waals surface area contributed by atoms with Gasteiger partial charge in [0.05, 0.1) is 11.8 Å². The SMILES string of the molecule is CC1(C)[C@H](NC(=O)[C@@H]2CC(c3cccc(F)c3)=NO2)[C@@H]2CCO[C@H]21. The Morgan fingerprint density at radius 2 is 2.25 bits per heavy atom. The summed E-state index contributed by atoms with van der Waals surface area (Å²) in [6, 6.07) is 6.26. The Morgan fingerprint density at radius 3 is 3.04 bits per heavy atom. The molecule has 0 spiro atoms. The number of carbonyl (C=O) groups is 1. The van der Waals surface area contributed by atoms with Crippen molar-refractivity contribution in [1.82, 2.24) is 5.32 Å². The molecule has 3 aliphatic rings. The first-order chi connectivity index (χ1) is 11.5. The molecule has 2 fully saturated rings. The number of fused-ring (bicyclic) bond motifs is 1. The van der Waals surface area contributed by atoms with Gasteiger partial charge in [0.1, 0.15) is 5.82 Å². The van der Waals surface area contributed by atoms with Crippen LogP contribution in [-0.2, 0) is 14.4 Å². The Hall–Kier alpha value is -1.95. The highest BCUT2D eigenvalue weighted by molar-refractivity contribution is 6.04. The number of nitrogens with one attached hydrogen (secondary N) is 1. The van der Waals surface area contributed by atoms with Crippen LogP contribution in [0.1, 0.15) is 32.3 Å². The van der Waals surface area contributed by atoms with Crippen LogP contribution in [0.15, 0.2) is 29.4 Å². The average Bonchev–Trinajstić information content (AvgIpc) is 3.21. The second-order valence-electron chi connectivity index (χ2n) is 7.40. The van der Waals surface area contributed by atoms with Gasteiger partial charge in [-0.25, -0.2) is 4.39 Å². The van der Waals surface area contributed by atoms with E-state index in [1.54, 1.807) is 12.1 Å². The summed E-state index contributed by atoms with van der Waals surface area (Å²) in [6.45, 7) is 5.00. The van der Waals surface area contributed by atoms with Gasteiger partial charge in [0.2, 0.25) is 6.10 Å². The molecule has 1 saturated heterocycles. The first kappa shape index (κ1) is 15.6. The van der Waals surface area contributed by atoms with Crippen molar-refractivity contribution in [1.29, 1.82) is 0 Å². The number of hydrogen-bond acceptors (Lipinski definition) is 4. The molecule has 0 unspecified atom stereocenters. The average molecular weight is 332 g/mol. The smallest absolute Gasteiger partial charge is 0.264 e. The van der Waals surface area contributed by atoms with Crippen LogP contribution in [0.25, 0.3) is 0 Å². The van der Waals surface area contributed by atoms with Gasteiger partial charge in [-0.2, -0.15) is 0 Å². The molecule has 0 radical (unpaired) electrons. The van der Waals surface area contributed by atoms with Crippen LogP contribution in [-0.4, -0.2) is 36.5 Å². The molecule has 24 heavy (non-hydrogen) atoms. The lowest BCUT2D eigenvalue weighted by atomic mass is 9.57. The van der Waals surface area contributed by atoms with Crippen molar-refractivity contribution in [2.75, 3.05) is 6.61 Å². The molecule has 1 aliphatic carbocycles. The highest BCUT2D eigenvalue weighted by Crippen LogP contribution is 2.52. The Kier molecular flexibility index (Phi) is 3.60. The number of rotatable bonds is 3. The summed E-state index contributed by atoms with van der Waals surface area (Å²) < 4.78 is 19.1. The topological polar surface area (TPSA) is 59.9 Å². The number of carbonyl (C=O) groups excluding carboxylic acids is 1. The third-order valence-electron chi connectivity index (χ3n) is 5.52. The molecule has 2 heterocycles. The summed E-state index contributed by atoms with van der Waals surface area (Å²) in [5, 5.41) is 7.08. The lowest BCUT2D eigenvalue weighted by Crippen LogP contribution is -2.67. The van der Waals surface area contributed by atoms with Crippen LogP contribution >= 0.6 is 0 Å². The number of amides is 1. The molecular weight excluding hydrogens is 311 g/mol. The number of nitrogens with zero attached hydrogens (tertiary/aromatic N) is 1. The summed E-state index contributed by atoms with van der Waals surface area (Å²) in [4.78, 5) is 17.8. The first-order valence-electron chi connectivity index (χ1n) is 8.37. The van der Waals surface area contributed by atoms with Crippen LogP contribution in [0.4, 0.5) is 4.39 Å². The maximum Gasteiger partial charge on any atom is 0.264 e. The molecule has 1 saturated carbocycles. The summed E-state index contributed by atoms with van der Waals surface area (Å²) in [5.74, 6) is -0.103. The van der Waals surface area contributed by atoms with Crippen LogP contribution in [0, 0.1) is 17.2 Å². The second-order valence-corrected chi connectivity index (χ2v) is 7.40. The lowest BCUT2D eigenvalue weighted by Gasteiger charge is -2.54. The quantitative estimate of drug-likeness (QED) is 0.923. The van der Waals surface area contributed by atoms with Gasteiger partial charge >= 0.3 is 0 Å². The van der Waals surface area contributed by atoms with E-state index in [0.29, 0.717) is 23.6 Å². The predicted octanol–water partition coefficient (Wildman–Crippen LogP) is 2.25. The van der Waals surface area contributed by atoms with E-state index in [1.807, 2.05) is 0 Å². The fraction of sp³-hybridized carbons (Fsp3) is 0.556. The summed E-state index contributed by atoms with van der Waals surface area (Å²) >= 11 is 0. The van der Waals surface area contributed by atoms with E-state index < -0.39 is 6.10 Å². The van der Waals surface area contributed by atoms with E-state index in [4.69, 9.17) is 9.57 Å². The van der Waals surface area contributed by atoms with E-state index in [9.17, 15) is 9.18 Å². The third-order valence-corrected chi connectivity index (χ3v) is 5.52. The zero-order chi connectivity index (χ0) is 16.9. The Bertz CT molecular complexity index is 703. The molecule has 2 aliphatic heterocycles. The normalized spacial score (nSPS) is 33.2. The molecule has 1 aromatic carbocycles. The Labute approximate surface area is 140 Å². The maximum atomic E-state index is 13.3. The molecule has 0 aromatic heterocycles. The van der Waals surface area contributed by atoms with E-state index >= 15 is 0 Å². The number of halogens is 1. The Balaban J connectivity index is 1.39. The molecule has 5 nitrogen and oxygen atoms in total. The molecule has 1 N–H and O–H groups in total. The van der Waals surface area contributed by atoms with E-state index in [0.717, 1.165) is 13.0 Å². The fourth-order valence-corrected chi connectivity index (χ4v) is 4.22. The van der Waals surface area contributed by atoms with E-state index in [-0.39, 0.29) is 29.3 Å². The lowest BCUT2D eigenvalue weighted by molar-refractivity contribution is -0.145. The van der Waals surface area contributed by atoms with Crippen molar-refractivity contribution >= 4 is 11.6 Å². The minimum Gasteiger partial charge on any atom is -0.382 e. The zero-order valence-electron chi connectivity index (χ0n) is 13.8. The van der Waals surface area contributed by atoms with Gasteiger partial charge in [0.25, 0.3) is 5.91 Å². The van der Waals surface area contributed by atoms with Crippen LogP contribution in [0.5, 0.6) is 0 Å². The highest BCUT2D eigenvalue weighted by atomic mass is 19.1. The minimum atomic E-state index is -0.652. The predicted molar refractivity (Wildman–Crippen MR) is 86.0 cm³/mol. The minimum absolute atomic E-state index is 0.0678. The molecule has 6 heteroatoms. The molecule has 0 bridgehead atoms. The van der Waals surface area contributed by atoms with Gasteiger partial charge in [0.15, 0.2) is 0 Å². The largest absolute Gasteiger partial charge is 0.382 e. The van der Waals surface area contributed by atoms with Gasteiger partial charge in [-0.3, -0.25) is 4.79 Å². The molecular formula is C18H21FN2O3. The molecule has 1 amide bonds. The number of benzene rings is 1. The second kappa shape index (κ2) is 5.55. The van der Waals surface area contributed by atoms with Gasteiger partial charge in [0, 0.05) is 36.0 Å². The van der Waals surface area contributed by atoms with Crippen LogP contribution < -0.4 is 5.32 Å². The molecule has 128 valence electrons. The first-order valence-corrected chi connectivity index (χ1v) is 8.37. The fourth-order valence-electron chi connectivity index (χ4n) is 4.22. The van der Waals surface area contributed by atoms with E-state index in [1.165, 1.54) is 12.1 Å². The Morgan fingerprint density at radius 1 is 1.42 bits per heavy atom. The van der Waals surface area contributed by atoms with Crippen molar-refractivity contribution in [3.05, 3.63) is 35.6 Å². The maximum absolute atomic E-state index is 13.3. The van der Waals surface area contributed by atoms with E-state index in [2.05, 4.69) is 24.3 Å². The molecule has 1 aromatic rings. The molecule has 4 rings (SSSR count). The number of oxime groups is 1. The number of ether oxygens (including phenoxy) is 1. The van der Waals surface area contributed by atoms with Gasteiger partial charge in [-0.15, -0.1) is 0 Å². The van der Waals surface area contributed by atoms with Gasteiger partial charge < -0.3 is 14.9 Å². The summed E-state index contributed by atoms with van der Waals surface area (Å²) in [5.41, 5.74) is 1.19. The summed E-state index contributed by atoms with van der Waals surface area (Å²) in [6.07, 6.45) is 0.912. The monoisotopic (exact) mass is 332 g/mol. The third kappa shape index (κ3) is 2.40. The van der Waals surface area contributed by atoms with Crippen LogP contribution in [0.3, 0.4) is 0 Å². The van der Waals surface area contributed by atoms with Gasteiger partial charge in [-0.1, -0.05) is 31.1 Å². The molecule has 4 atom stereocenters. The number of hydrogen-bond donors (Lipinski definition) is 1. The van der Waals surface area contributed by atoms with Crippen molar-refractivity contribution in [3.8, 4) is 0 Å². The zero-order valence-corrected chi connectivity index (χ0v) is 13.8. The highest BCUT2D eigenvalue weighted by Gasteiger charge is 2.60. The standard InChI is InChI=1S/C18H21FN2O3/c1-18(2)15(12-6-7-23-16(12)18)20-17(22)14-9-13(21-24-14)10-4-3-5-11(19)8-10/h3-5,8,12,14-16H,6-7,9H2,1-2H3,(H,20,22)/t12-,14-,15+,16+/m0/s1. The van der Waals surface area contributed by atoms with Crippen molar-refractivity contribution in [2.24, 2.45) is 16.5 Å². The summed E-state index contributed by atoms with van der Waals surface area (Å²) in [7, 11) is 0. The van der Waals surface area contributed by atoms with Crippen molar-refractivity contribution < 1.29 is 18.8 Å². The van der Waals surface area contributed by atoms with Gasteiger partial charge in [-0.05, 0) is 18.6 Å². The van der Waals surface area contributed by atoms with Crippen LogP contribution in [0.2, 0.25) is 0 Å². The van der Waals surface area contributed by atoms with Crippen molar-refractivity contribution in [2.45, 2.75) is 44.9 Å². The van der Waals surface area contributed by atoms with Crippen molar-refractivity contribution in [3.63, 3.8) is 0 Å².